The molecule has 0 amide bonds. The van der Waals surface area contributed by atoms with E-state index in [4.69, 9.17) is 4.98 Å². The van der Waals surface area contributed by atoms with E-state index in [2.05, 4.69) is 74.8 Å². The number of thioether (sulfide) groups is 1. The van der Waals surface area contributed by atoms with E-state index in [9.17, 15) is 0 Å². The van der Waals surface area contributed by atoms with E-state index in [0.29, 0.717) is 0 Å². The van der Waals surface area contributed by atoms with Gasteiger partial charge in [-0.1, -0.05) is 54.2 Å². The van der Waals surface area contributed by atoms with Crippen molar-refractivity contribution in [2.24, 2.45) is 0 Å². The molecule has 0 saturated carbocycles. The van der Waals surface area contributed by atoms with E-state index in [1.807, 2.05) is 22.9 Å². The van der Waals surface area contributed by atoms with Crippen molar-refractivity contribution >= 4 is 28.7 Å². The Labute approximate surface area is 182 Å². The molecule has 6 nitrogen and oxygen atoms in total. The minimum atomic E-state index is 0.730. The average molecular weight is 433 g/mol. The van der Waals surface area contributed by atoms with Gasteiger partial charge in [0.2, 0.25) is 5.16 Å². The molecule has 0 N–H and O–H groups in total. The summed E-state index contributed by atoms with van der Waals surface area (Å²) in [6.45, 7) is 2.87. The Bertz CT molecular complexity index is 1260. The van der Waals surface area contributed by atoms with Gasteiger partial charge in [0.1, 0.15) is 5.65 Å². The zero-order valence-electron chi connectivity index (χ0n) is 16.5. The normalized spacial score (nSPS) is 11.4. The Balaban J connectivity index is 1.43. The Morgan fingerprint density at radius 2 is 1.93 bits per heavy atom. The zero-order chi connectivity index (χ0) is 20.3. The maximum Gasteiger partial charge on any atom is 0.209 e. The van der Waals surface area contributed by atoms with E-state index in [1.165, 1.54) is 10.4 Å². The van der Waals surface area contributed by atoms with Gasteiger partial charge in [-0.2, -0.15) is 0 Å². The second-order valence-electron chi connectivity index (χ2n) is 7.01. The van der Waals surface area contributed by atoms with Crippen molar-refractivity contribution in [3.8, 4) is 11.3 Å². The molecule has 150 valence electrons. The summed E-state index contributed by atoms with van der Waals surface area (Å²) < 4.78 is 4.07. The summed E-state index contributed by atoms with van der Waals surface area (Å²) in [7, 11) is 0. The molecule has 4 heterocycles. The number of aryl methyl sites for hydroxylation is 3. The van der Waals surface area contributed by atoms with Gasteiger partial charge in [0.05, 0.1) is 17.9 Å². The molecule has 30 heavy (non-hydrogen) atoms. The number of hydrogen-bond donors (Lipinski definition) is 0. The van der Waals surface area contributed by atoms with Gasteiger partial charge >= 0.3 is 0 Å². The minimum absolute atomic E-state index is 0.730. The zero-order valence-corrected chi connectivity index (χ0v) is 18.1. The summed E-state index contributed by atoms with van der Waals surface area (Å²) in [6, 6.07) is 18.7. The van der Waals surface area contributed by atoms with Crippen molar-refractivity contribution in [2.75, 3.05) is 0 Å². The number of benzene rings is 1. The molecule has 5 rings (SSSR count). The Morgan fingerprint density at radius 1 is 1.03 bits per heavy atom. The van der Waals surface area contributed by atoms with Crippen molar-refractivity contribution in [3.63, 3.8) is 0 Å². The Morgan fingerprint density at radius 3 is 2.77 bits per heavy atom. The fourth-order valence-corrected chi connectivity index (χ4v) is 5.02. The van der Waals surface area contributed by atoms with Gasteiger partial charge in [0.25, 0.3) is 0 Å². The van der Waals surface area contributed by atoms with Gasteiger partial charge in [-0.25, -0.2) is 9.67 Å². The van der Waals surface area contributed by atoms with E-state index in [-0.39, 0.29) is 0 Å². The number of imidazole rings is 1. The van der Waals surface area contributed by atoms with Crippen LogP contribution in [-0.2, 0) is 18.7 Å². The molecule has 0 bridgehead atoms. The first kappa shape index (κ1) is 19.0. The van der Waals surface area contributed by atoms with Crippen LogP contribution in [0.2, 0.25) is 0 Å². The maximum absolute atomic E-state index is 4.91. The second kappa shape index (κ2) is 8.41. The van der Waals surface area contributed by atoms with Crippen LogP contribution in [0.3, 0.4) is 0 Å². The van der Waals surface area contributed by atoms with E-state index in [1.54, 1.807) is 23.1 Å². The van der Waals surface area contributed by atoms with Crippen LogP contribution in [0, 0.1) is 6.92 Å². The number of fused-ring (bicyclic) bond motifs is 1. The predicted octanol–water partition coefficient (Wildman–Crippen LogP) is 4.89. The van der Waals surface area contributed by atoms with Crippen LogP contribution >= 0.6 is 23.1 Å². The molecule has 0 atom stereocenters. The topological polar surface area (TPSA) is 60.9 Å². The monoisotopic (exact) mass is 432 g/mol. The molecule has 5 aromatic rings. The second-order valence-corrected chi connectivity index (χ2v) is 8.99. The van der Waals surface area contributed by atoms with Crippen LogP contribution in [0.4, 0.5) is 0 Å². The largest absolute Gasteiger partial charge is 0.302 e. The van der Waals surface area contributed by atoms with Crippen molar-refractivity contribution in [3.05, 3.63) is 82.3 Å². The number of rotatable bonds is 7. The third-order valence-electron chi connectivity index (χ3n) is 4.90. The number of hydrogen-bond acceptors (Lipinski definition) is 6. The molecule has 0 unspecified atom stereocenters. The number of pyridine rings is 1. The van der Waals surface area contributed by atoms with Gasteiger partial charge in [0.15, 0.2) is 0 Å². The summed E-state index contributed by atoms with van der Waals surface area (Å²) >= 11 is 3.41. The molecule has 8 heteroatoms. The maximum atomic E-state index is 4.91. The molecule has 4 aromatic heterocycles. The molecular weight excluding hydrogens is 412 g/mol. The van der Waals surface area contributed by atoms with Crippen LogP contribution in [0.1, 0.15) is 16.1 Å². The molecule has 0 radical (unpaired) electrons. The molecule has 0 saturated heterocycles. The van der Waals surface area contributed by atoms with Crippen LogP contribution < -0.4 is 0 Å². The van der Waals surface area contributed by atoms with Gasteiger partial charge < -0.3 is 4.40 Å². The highest BCUT2D eigenvalue weighted by molar-refractivity contribution is 7.98. The number of nitrogens with zero attached hydrogens (tertiary/aromatic N) is 6. The van der Waals surface area contributed by atoms with Crippen LogP contribution in [-0.4, -0.2) is 29.6 Å². The summed E-state index contributed by atoms with van der Waals surface area (Å²) in [6.07, 6.45) is 3.07. The van der Waals surface area contributed by atoms with E-state index >= 15 is 0 Å². The lowest BCUT2D eigenvalue weighted by molar-refractivity contribution is 0.550. The average Bonchev–Trinajstić information content (AvgIpc) is 3.51. The molecule has 0 fully saturated rings. The first-order chi connectivity index (χ1) is 14.8. The Kier molecular flexibility index (Phi) is 5.33. The van der Waals surface area contributed by atoms with Crippen LogP contribution in [0.25, 0.3) is 16.9 Å². The fraction of sp³-hybridized carbons (Fsp3) is 0.182. The van der Waals surface area contributed by atoms with Gasteiger partial charge in [-0.05, 0) is 40.4 Å². The third kappa shape index (κ3) is 3.88. The van der Waals surface area contributed by atoms with Crippen molar-refractivity contribution < 1.29 is 0 Å². The summed E-state index contributed by atoms with van der Waals surface area (Å²) in [5.41, 5.74) is 5.43. The van der Waals surface area contributed by atoms with Crippen molar-refractivity contribution in [1.29, 1.82) is 0 Å². The smallest absolute Gasteiger partial charge is 0.209 e. The minimum Gasteiger partial charge on any atom is -0.302 e. The predicted molar refractivity (Wildman–Crippen MR) is 121 cm³/mol. The lowest BCUT2D eigenvalue weighted by Crippen LogP contribution is -2.05. The van der Waals surface area contributed by atoms with Crippen LogP contribution in [0.5, 0.6) is 0 Å². The van der Waals surface area contributed by atoms with E-state index in [0.717, 1.165) is 46.5 Å². The Hall–Kier alpha value is -2.97. The van der Waals surface area contributed by atoms with Gasteiger partial charge in [0, 0.05) is 28.8 Å². The number of tetrazole rings is 1. The van der Waals surface area contributed by atoms with Crippen molar-refractivity contribution in [1.82, 2.24) is 29.6 Å². The van der Waals surface area contributed by atoms with E-state index < -0.39 is 0 Å². The SMILES string of the molecule is Cc1ccc2nc(-c3ccccc3)c(CSc3nnnn3CCc3cccs3)n2c1. The molecule has 0 aliphatic carbocycles. The first-order valence-electron chi connectivity index (χ1n) is 9.72. The lowest BCUT2D eigenvalue weighted by atomic mass is 10.1. The lowest BCUT2D eigenvalue weighted by Gasteiger charge is -2.07. The highest BCUT2D eigenvalue weighted by Crippen LogP contribution is 2.30. The van der Waals surface area contributed by atoms with Crippen molar-refractivity contribution in [2.45, 2.75) is 30.8 Å². The highest BCUT2D eigenvalue weighted by Gasteiger charge is 2.16. The summed E-state index contributed by atoms with van der Waals surface area (Å²) in [5, 5.41) is 15.3. The standard InChI is InChI=1S/C22H20N6S2/c1-16-9-10-20-23-21(17-6-3-2-4-7-17)19(27(20)14-16)15-30-22-24-25-26-28(22)12-11-18-8-5-13-29-18/h2-10,13-14H,11-12,15H2,1H3. The molecular formula is C22H20N6S2. The molecule has 1 aromatic carbocycles. The third-order valence-corrected chi connectivity index (χ3v) is 6.80. The highest BCUT2D eigenvalue weighted by atomic mass is 32.2. The summed E-state index contributed by atoms with van der Waals surface area (Å²) in [5.74, 6) is 0.730. The first-order valence-corrected chi connectivity index (χ1v) is 11.6. The molecule has 0 spiro atoms. The fourth-order valence-electron chi connectivity index (χ4n) is 3.41. The van der Waals surface area contributed by atoms with Gasteiger partial charge in [-0.15, -0.1) is 16.4 Å². The number of thiophene rings is 1. The van der Waals surface area contributed by atoms with Crippen LogP contribution in [0.15, 0.2) is 71.3 Å². The molecule has 0 aliphatic rings. The quantitative estimate of drug-likeness (QED) is 0.343. The van der Waals surface area contributed by atoms with Gasteiger partial charge in [-0.3, -0.25) is 0 Å². The summed E-state index contributed by atoms with van der Waals surface area (Å²) in [4.78, 5) is 6.25. The number of aromatic nitrogens is 6. The molecule has 0 aliphatic heterocycles.